The lowest BCUT2D eigenvalue weighted by Gasteiger charge is -2.36. The van der Waals surface area contributed by atoms with Crippen LogP contribution in [0.2, 0.25) is 0 Å². The molecule has 120 valence electrons. The maximum absolute atomic E-state index is 9.03. The molecule has 0 spiro atoms. The molecule has 2 rings (SSSR count). The molecule has 4 nitrogen and oxygen atoms in total. The normalized spacial score (nSPS) is 20.7. The summed E-state index contributed by atoms with van der Waals surface area (Å²) in [5.41, 5.74) is 1.61. The van der Waals surface area contributed by atoms with Gasteiger partial charge in [0.15, 0.2) is 0 Å². The molecule has 0 radical (unpaired) electrons. The van der Waals surface area contributed by atoms with E-state index in [0.29, 0.717) is 5.46 Å². The first-order valence-corrected chi connectivity index (χ1v) is 7.93. The van der Waals surface area contributed by atoms with Crippen molar-refractivity contribution in [3.63, 3.8) is 0 Å². The van der Waals surface area contributed by atoms with Crippen LogP contribution >= 0.6 is 0 Å². The molecule has 1 aromatic carbocycles. The van der Waals surface area contributed by atoms with Gasteiger partial charge in [0.2, 0.25) is 0 Å². The van der Waals surface area contributed by atoms with Gasteiger partial charge in [-0.25, -0.2) is 0 Å². The Bertz CT molecular complexity index is 360. The number of ether oxygens (including phenoxy) is 1. The summed E-state index contributed by atoms with van der Waals surface area (Å²) in [5, 5.41) is 18.1. The third-order valence-corrected chi connectivity index (χ3v) is 2.98. The standard InChI is InChI=1S/C12H18BNO3.2C2H6/c1-9-7-14(8-10(2)17-9)12-5-3-11(4-6-12)13(15)16;2*1-2/h3-6,9-10,15-16H,7-8H2,1-2H3;2*1-2H3. The summed E-state index contributed by atoms with van der Waals surface area (Å²) in [5.74, 6) is 0. The molecule has 0 bridgehead atoms. The van der Waals surface area contributed by atoms with E-state index in [-0.39, 0.29) is 12.2 Å². The zero-order valence-electron chi connectivity index (χ0n) is 14.2. The van der Waals surface area contributed by atoms with Crippen LogP contribution in [0.1, 0.15) is 41.5 Å². The largest absolute Gasteiger partial charge is 0.488 e. The van der Waals surface area contributed by atoms with Crippen LogP contribution in [0.3, 0.4) is 0 Å². The first-order chi connectivity index (χ1) is 10.1. The third kappa shape index (κ3) is 6.51. The summed E-state index contributed by atoms with van der Waals surface area (Å²) in [6.07, 6.45) is 0.448. The van der Waals surface area contributed by atoms with Gasteiger partial charge in [-0.1, -0.05) is 39.8 Å². The Labute approximate surface area is 129 Å². The summed E-state index contributed by atoms with van der Waals surface area (Å²) in [4.78, 5) is 2.26. The van der Waals surface area contributed by atoms with Crippen molar-refractivity contribution in [3.05, 3.63) is 24.3 Å². The molecule has 1 fully saturated rings. The predicted octanol–water partition coefficient (Wildman–Crippen LogP) is 2.03. The Morgan fingerprint density at radius 2 is 1.38 bits per heavy atom. The topological polar surface area (TPSA) is 52.9 Å². The third-order valence-electron chi connectivity index (χ3n) is 2.98. The predicted molar refractivity (Wildman–Crippen MR) is 91.2 cm³/mol. The molecule has 1 heterocycles. The fraction of sp³-hybridized carbons (Fsp3) is 0.625. The van der Waals surface area contributed by atoms with Crippen molar-refractivity contribution >= 4 is 18.3 Å². The van der Waals surface area contributed by atoms with Crippen LogP contribution in [-0.4, -0.2) is 42.5 Å². The molecular weight excluding hydrogens is 265 g/mol. The number of hydrogen-bond donors (Lipinski definition) is 2. The van der Waals surface area contributed by atoms with Crippen LogP contribution in [-0.2, 0) is 4.74 Å². The highest BCUT2D eigenvalue weighted by atomic mass is 16.5. The quantitative estimate of drug-likeness (QED) is 0.820. The zero-order chi connectivity index (χ0) is 16.4. The first-order valence-electron chi connectivity index (χ1n) is 7.93. The average molecular weight is 295 g/mol. The van der Waals surface area contributed by atoms with Crippen molar-refractivity contribution in [3.8, 4) is 0 Å². The van der Waals surface area contributed by atoms with Crippen molar-refractivity contribution in [2.45, 2.75) is 53.8 Å². The van der Waals surface area contributed by atoms with E-state index in [9.17, 15) is 0 Å². The number of hydrogen-bond acceptors (Lipinski definition) is 4. The number of morpholine rings is 1. The van der Waals surface area contributed by atoms with E-state index in [1.54, 1.807) is 12.1 Å². The van der Waals surface area contributed by atoms with Gasteiger partial charge in [0, 0.05) is 18.8 Å². The highest BCUT2D eigenvalue weighted by molar-refractivity contribution is 6.58. The summed E-state index contributed by atoms with van der Waals surface area (Å²) >= 11 is 0. The minimum atomic E-state index is -1.40. The SMILES string of the molecule is CC.CC.CC1CN(c2ccc(B(O)O)cc2)CC(C)O1. The highest BCUT2D eigenvalue weighted by Crippen LogP contribution is 2.19. The summed E-state index contributed by atoms with van der Waals surface area (Å²) in [7, 11) is -1.40. The fourth-order valence-electron chi connectivity index (χ4n) is 2.25. The second-order valence-corrected chi connectivity index (χ2v) is 4.63. The van der Waals surface area contributed by atoms with Gasteiger partial charge in [-0.05, 0) is 31.4 Å². The van der Waals surface area contributed by atoms with Gasteiger partial charge in [0.25, 0.3) is 0 Å². The number of nitrogens with zero attached hydrogens (tertiary/aromatic N) is 1. The van der Waals surface area contributed by atoms with E-state index in [4.69, 9.17) is 14.8 Å². The van der Waals surface area contributed by atoms with Crippen molar-refractivity contribution in [2.24, 2.45) is 0 Å². The van der Waals surface area contributed by atoms with E-state index in [0.717, 1.165) is 18.8 Å². The van der Waals surface area contributed by atoms with Gasteiger partial charge >= 0.3 is 7.12 Å². The summed E-state index contributed by atoms with van der Waals surface area (Å²) < 4.78 is 5.68. The van der Waals surface area contributed by atoms with Crippen molar-refractivity contribution < 1.29 is 14.8 Å². The molecule has 0 amide bonds. The number of benzene rings is 1. The van der Waals surface area contributed by atoms with Gasteiger partial charge in [-0.2, -0.15) is 0 Å². The molecule has 1 aliphatic heterocycles. The van der Waals surface area contributed by atoms with Crippen LogP contribution in [0.25, 0.3) is 0 Å². The van der Waals surface area contributed by atoms with Crippen molar-refractivity contribution in [2.75, 3.05) is 18.0 Å². The van der Waals surface area contributed by atoms with Crippen LogP contribution in [0.15, 0.2) is 24.3 Å². The molecule has 2 unspecified atom stereocenters. The van der Waals surface area contributed by atoms with E-state index in [2.05, 4.69) is 18.7 Å². The van der Waals surface area contributed by atoms with Crippen molar-refractivity contribution in [1.29, 1.82) is 0 Å². The van der Waals surface area contributed by atoms with E-state index >= 15 is 0 Å². The second-order valence-electron chi connectivity index (χ2n) is 4.63. The van der Waals surface area contributed by atoms with Gasteiger partial charge in [-0.3, -0.25) is 0 Å². The maximum atomic E-state index is 9.03. The second kappa shape index (κ2) is 10.7. The lowest BCUT2D eigenvalue weighted by atomic mass is 9.80. The molecule has 0 saturated carbocycles. The highest BCUT2D eigenvalue weighted by Gasteiger charge is 2.22. The molecule has 0 aromatic heterocycles. The molecule has 2 N–H and O–H groups in total. The molecule has 5 heteroatoms. The number of anilines is 1. The molecular formula is C16H30BNO3. The van der Waals surface area contributed by atoms with Gasteiger partial charge in [-0.15, -0.1) is 0 Å². The number of rotatable bonds is 2. The smallest absolute Gasteiger partial charge is 0.423 e. The monoisotopic (exact) mass is 295 g/mol. The Morgan fingerprint density at radius 3 is 1.76 bits per heavy atom. The molecule has 2 atom stereocenters. The van der Waals surface area contributed by atoms with Crippen LogP contribution in [0, 0.1) is 0 Å². The summed E-state index contributed by atoms with van der Waals surface area (Å²) in [6, 6.07) is 7.31. The fourth-order valence-corrected chi connectivity index (χ4v) is 2.25. The molecule has 0 aliphatic carbocycles. The summed E-state index contributed by atoms with van der Waals surface area (Å²) in [6.45, 7) is 13.9. The molecule has 1 saturated heterocycles. The minimum absolute atomic E-state index is 0.224. The Morgan fingerprint density at radius 1 is 0.952 bits per heavy atom. The van der Waals surface area contributed by atoms with Gasteiger partial charge in [0.1, 0.15) is 0 Å². The van der Waals surface area contributed by atoms with E-state index < -0.39 is 7.12 Å². The minimum Gasteiger partial charge on any atom is -0.423 e. The Kier molecular flexibility index (Phi) is 10.1. The maximum Gasteiger partial charge on any atom is 0.488 e. The lowest BCUT2D eigenvalue weighted by Crippen LogP contribution is -2.45. The lowest BCUT2D eigenvalue weighted by molar-refractivity contribution is -0.00521. The zero-order valence-corrected chi connectivity index (χ0v) is 14.2. The molecule has 1 aromatic rings. The average Bonchev–Trinajstić information content (AvgIpc) is 2.50. The van der Waals surface area contributed by atoms with Crippen LogP contribution in [0.5, 0.6) is 0 Å². The van der Waals surface area contributed by atoms with E-state index in [1.165, 1.54) is 0 Å². The van der Waals surface area contributed by atoms with Gasteiger partial charge < -0.3 is 19.7 Å². The van der Waals surface area contributed by atoms with Crippen LogP contribution < -0.4 is 10.4 Å². The van der Waals surface area contributed by atoms with Gasteiger partial charge in [0.05, 0.1) is 12.2 Å². The first kappa shape index (κ1) is 20.0. The molecule has 1 aliphatic rings. The Balaban J connectivity index is 0.000000921. The molecule has 21 heavy (non-hydrogen) atoms. The Hall–Kier alpha value is -1.04. The van der Waals surface area contributed by atoms with Crippen LogP contribution in [0.4, 0.5) is 5.69 Å². The van der Waals surface area contributed by atoms with E-state index in [1.807, 2.05) is 39.8 Å². The van der Waals surface area contributed by atoms with Crippen molar-refractivity contribution in [1.82, 2.24) is 0 Å².